The second kappa shape index (κ2) is 12.5. The van der Waals surface area contributed by atoms with Gasteiger partial charge < -0.3 is 15.1 Å². The van der Waals surface area contributed by atoms with Crippen LogP contribution in [0.5, 0.6) is 0 Å². The molecule has 2 saturated heterocycles. The minimum atomic E-state index is -0.0347. The third kappa shape index (κ3) is 6.82. The zero-order valence-corrected chi connectivity index (χ0v) is 21.1. The molecular formula is C29H36N4O3. The number of nitrogens with zero attached hydrogens (tertiary/aromatic N) is 3. The fourth-order valence-corrected chi connectivity index (χ4v) is 4.91. The molecule has 0 radical (unpaired) electrons. The number of hydrogen-bond donors (Lipinski definition) is 1. The average Bonchev–Trinajstić information content (AvgIpc) is 2.92. The van der Waals surface area contributed by atoms with E-state index in [4.69, 9.17) is 0 Å². The number of nitrogens with one attached hydrogen (secondary N) is 1. The van der Waals surface area contributed by atoms with Crippen LogP contribution in [0.25, 0.3) is 6.08 Å². The first-order valence-electron chi connectivity index (χ1n) is 12.9. The lowest BCUT2D eigenvalue weighted by Gasteiger charge is -2.38. The summed E-state index contributed by atoms with van der Waals surface area (Å²) in [5, 5.41) is 3.03. The van der Waals surface area contributed by atoms with Gasteiger partial charge in [-0.25, -0.2) is 0 Å². The number of piperazine rings is 1. The highest BCUT2D eigenvalue weighted by Gasteiger charge is 2.31. The normalized spacial score (nSPS) is 17.4. The Morgan fingerprint density at radius 1 is 0.861 bits per heavy atom. The fourth-order valence-electron chi connectivity index (χ4n) is 4.91. The van der Waals surface area contributed by atoms with Crippen molar-refractivity contribution < 1.29 is 14.4 Å². The molecule has 2 aromatic rings. The van der Waals surface area contributed by atoms with Gasteiger partial charge in [-0.2, -0.15) is 0 Å². The summed E-state index contributed by atoms with van der Waals surface area (Å²) >= 11 is 0. The van der Waals surface area contributed by atoms with Crippen LogP contribution in [-0.2, 0) is 20.8 Å². The van der Waals surface area contributed by atoms with Crippen molar-refractivity contribution >= 4 is 29.5 Å². The van der Waals surface area contributed by atoms with Gasteiger partial charge in [-0.05, 0) is 42.5 Å². The van der Waals surface area contributed by atoms with Crippen LogP contribution in [-0.4, -0.2) is 78.2 Å². The molecule has 7 heteroatoms. The van der Waals surface area contributed by atoms with Crippen molar-refractivity contribution in [2.24, 2.45) is 5.92 Å². The highest BCUT2D eigenvalue weighted by molar-refractivity contribution is 5.93. The third-order valence-corrected chi connectivity index (χ3v) is 7.10. The maximum Gasteiger partial charge on any atom is 0.246 e. The number of amides is 3. The Bertz CT molecular complexity index is 1070. The SMILES string of the molecule is CCc1ccccc1NC(=O)CN1CCN(C(=O)C2CCN(C(=O)C=Cc3ccccc3)CC2)CC1. The van der Waals surface area contributed by atoms with Gasteiger partial charge >= 0.3 is 0 Å². The Balaban J connectivity index is 1.18. The van der Waals surface area contributed by atoms with Crippen molar-refractivity contribution in [2.45, 2.75) is 26.2 Å². The molecule has 190 valence electrons. The second-order valence-corrected chi connectivity index (χ2v) is 9.50. The summed E-state index contributed by atoms with van der Waals surface area (Å²) in [4.78, 5) is 44.0. The zero-order valence-electron chi connectivity index (χ0n) is 21.1. The number of hydrogen-bond acceptors (Lipinski definition) is 4. The molecule has 2 aromatic carbocycles. The van der Waals surface area contributed by atoms with Crippen molar-refractivity contribution in [3.8, 4) is 0 Å². The number of para-hydroxylation sites is 1. The van der Waals surface area contributed by atoms with Crippen molar-refractivity contribution in [1.29, 1.82) is 0 Å². The molecule has 0 spiro atoms. The highest BCUT2D eigenvalue weighted by Crippen LogP contribution is 2.21. The van der Waals surface area contributed by atoms with Crippen LogP contribution in [0.4, 0.5) is 5.69 Å². The van der Waals surface area contributed by atoms with E-state index in [2.05, 4.69) is 17.1 Å². The molecule has 0 atom stereocenters. The molecule has 2 fully saturated rings. The lowest BCUT2D eigenvalue weighted by Crippen LogP contribution is -2.53. The van der Waals surface area contributed by atoms with Crippen LogP contribution in [0.1, 0.15) is 30.9 Å². The standard InChI is InChI=1S/C29H36N4O3/c1-2-24-10-6-7-11-26(24)30-27(34)22-31-18-20-33(21-19-31)29(36)25-14-16-32(17-15-25)28(35)13-12-23-8-4-3-5-9-23/h3-13,25H,2,14-22H2,1H3,(H,30,34). The van der Waals surface area contributed by atoms with Gasteiger partial charge in [-0.3, -0.25) is 19.3 Å². The number of benzene rings is 2. The largest absolute Gasteiger partial charge is 0.340 e. The molecule has 3 amide bonds. The van der Waals surface area contributed by atoms with E-state index in [-0.39, 0.29) is 23.6 Å². The Morgan fingerprint density at radius 2 is 1.53 bits per heavy atom. The molecule has 36 heavy (non-hydrogen) atoms. The summed E-state index contributed by atoms with van der Waals surface area (Å²) in [6.07, 6.45) is 5.72. The van der Waals surface area contributed by atoms with E-state index in [0.29, 0.717) is 58.7 Å². The topological polar surface area (TPSA) is 73.0 Å². The van der Waals surface area contributed by atoms with Crippen molar-refractivity contribution in [3.05, 3.63) is 71.8 Å². The minimum absolute atomic E-state index is 0.00166. The highest BCUT2D eigenvalue weighted by atomic mass is 16.2. The summed E-state index contributed by atoms with van der Waals surface area (Å²) in [5.74, 6) is 0.127. The monoisotopic (exact) mass is 488 g/mol. The first-order valence-corrected chi connectivity index (χ1v) is 12.9. The summed E-state index contributed by atoms with van der Waals surface area (Å²) in [6.45, 7) is 6.27. The number of piperidine rings is 1. The maximum atomic E-state index is 13.1. The minimum Gasteiger partial charge on any atom is -0.340 e. The van der Waals surface area contributed by atoms with Gasteiger partial charge in [0, 0.05) is 56.9 Å². The number of anilines is 1. The van der Waals surface area contributed by atoms with Crippen molar-refractivity contribution in [2.75, 3.05) is 51.1 Å². The Labute approximate surface area is 213 Å². The van der Waals surface area contributed by atoms with E-state index in [1.807, 2.05) is 70.5 Å². The molecule has 0 aliphatic carbocycles. The molecule has 0 unspecified atom stereocenters. The van der Waals surface area contributed by atoms with E-state index in [1.165, 1.54) is 0 Å². The average molecular weight is 489 g/mol. The predicted molar refractivity (Wildman–Crippen MR) is 142 cm³/mol. The van der Waals surface area contributed by atoms with Gasteiger partial charge in [-0.15, -0.1) is 0 Å². The van der Waals surface area contributed by atoms with Gasteiger partial charge in [0.15, 0.2) is 0 Å². The molecule has 1 N–H and O–H groups in total. The van der Waals surface area contributed by atoms with E-state index in [0.717, 1.165) is 23.2 Å². The van der Waals surface area contributed by atoms with E-state index >= 15 is 0 Å². The van der Waals surface area contributed by atoms with Crippen LogP contribution >= 0.6 is 0 Å². The molecular weight excluding hydrogens is 452 g/mol. The Kier molecular flexibility index (Phi) is 8.90. The Hall–Kier alpha value is -3.45. The van der Waals surface area contributed by atoms with Crippen LogP contribution < -0.4 is 5.32 Å². The molecule has 2 aliphatic rings. The number of carbonyl (C=O) groups is 3. The van der Waals surface area contributed by atoms with Gasteiger partial charge in [0.25, 0.3) is 0 Å². The lowest BCUT2D eigenvalue weighted by atomic mass is 9.95. The lowest BCUT2D eigenvalue weighted by molar-refractivity contribution is -0.141. The summed E-state index contributed by atoms with van der Waals surface area (Å²) in [5.41, 5.74) is 3.00. The molecule has 4 rings (SSSR count). The predicted octanol–water partition coefficient (Wildman–Crippen LogP) is 3.28. The van der Waals surface area contributed by atoms with E-state index < -0.39 is 0 Å². The van der Waals surface area contributed by atoms with Gasteiger partial charge in [0.2, 0.25) is 17.7 Å². The zero-order chi connectivity index (χ0) is 25.3. The summed E-state index contributed by atoms with van der Waals surface area (Å²) < 4.78 is 0. The first kappa shape index (κ1) is 25.6. The van der Waals surface area contributed by atoms with Crippen LogP contribution in [0, 0.1) is 5.92 Å². The van der Waals surface area contributed by atoms with E-state index in [1.54, 1.807) is 6.08 Å². The van der Waals surface area contributed by atoms with Gasteiger partial charge in [0.1, 0.15) is 0 Å². The van der Waals surface area contributed by atoms with Crippen molar-refractivity contribution in [1.82, 2.24) is 14.7 Å². The number of rotatable bonds is 7. The maximum absolute atomic E-state index is 13.1. The number of aryl methyl sites for hydroxylation is 1. The summed E-state index contributed by atoms with van der Waals surface area (Å²) in [7, 11) is 0. The third-order valence-electron chi connectivity index (χ3n) is 7.10. The van der Waals surface area contributed by atoms with Crippen LogP contribution in [0.2, 0.25) is 0 Å². The summed E-state index contributed by atoms with van der Waals surface area (Å²) in [6, 6.07) is 17.7. The molecule has 0 aromatic heterocycles. The van der Waals surface area contributed by atoms with Gasteiger partial charge in [0.05, 0.1) is 6.54 Å². The van der Waals surface area contributed by atoms with Crippen LogP contribution in [0.15, 0.2) is 60.7 Å². The number of likely N-dealkylation sites (tertiary alicyclic amines) is 1. The fraction of sp³-hybridized carbons (Fsp3) is 0.414. The molecule has 0 bridgehead atoms. The smallest absolute Gasteiger partial charge is 0.246 e. The van der Waals surface area contributed by atoms with Gasteiger partial charge in [-0.1, -0.05) is 55.5 Å². The van der Waals surface area contributed by atoms with Crippen molar-refractivity contribution in [3.63, 3.8) is 0 Å². The Morgan fingerprint density at radius 3 is 2.22 bits per heavy atom. The molecule has 7 nitrogen and oxygen atoms in total. The second-order valence-electron chi connectivity index (χ2n) is 9.50. The quantitative estimate of drug-likeness (QED) is 0.607. The number of carbonyl (C=O) groups excluding carboxylic acids is 3. The molecule has 2 aliphatic heterocycles. The van der Waals surface area contributed by atoms with E-state index in [9.17, 15) is 14.4 Å². The van der Waals surface area contributed by atoms with Crippen LogP contribution in [0.3, 0.4) is 0 Å². The molecule has 2 heterocycles. The first-order chi connectivity index (χ1) is 17.5. The molecule has 0 saturated carbocycles.